The summed E-state index contributed by atoms with van der Waals surface area (Å²) in [5.74, 6) is 2.86. The molecule has 0 saturated carbocycles. The van der Waals surface area contributed by atoms with Gasteiger partial charge in [0.05, 0.1) is 12.6 Å². The third-order valence-corrected chi connectivity index (χ3v) is 2.66. The number of nitrogens with one attached hydrogen (secondary N) is 2. The molecule has 0 spiro atoms. The Hall–Kier alpha value is -1.79. The molecule has 0 aromatic heterocycles. The van der Waals surface area contributed by atoms with Gasteiger partial charge in [-0.1, -0.05) is 37.5 Å². The summed E-state index contributed by atoms with van der Waals surface area (Å²) in [5.41, 5.74) is 1.97. The number of anilines is 1. The number of hydrogen-bond acceptors (Lipinski definition) is 2. The summed E-state index contributed by atoms with van der Waals surface area (Å²) in [5, 5.41) is 5.87. The van der Waals surface area contributed by atoms with Crippen LogP contribution in [0.1, 0.15) is 19.4 Å². The van der Waals surface area contributed by atoms with Crippen LogP contribution in [0.2, 0.25) is 0 Å². The predicted molar refractivity (Wildman–Crippen MR) is 75.3 cm³/mol. The van der Waals surface area contributed by atoms with E-state index in [0.717, 1.165) is 5.69 Å². The number of amides is 1. The minimum absolute atomic E-state index is 0.0752. The highest BCUT2D eigenvalue weighted by Crippen LogP contribution is 2.08. The fourth-order valence-electron chi connectivity index (χ4n) is 1.53. The monoisotopic (exact) mass is 244 g/mol. The molecule has 3 heteroatoms. The largest absolute Gasteiger partial charge is 0.325 e. The van der Waals surface area contributed by atoms with Crippen LogP contribution in [-0.2, 0) is 4.79 Å². The van der Waals surface area contributed by atoms with Crippen LogP contribution in [-0.4, -0.2) is 18.5 Å². The second-order valence-corrected chi connectivity index (χ2v) is 4.68. The van der Waals surface area contributed by atoms with Crippen molar-refractivity contribution in [2.45, 2.75) is 26.8 Å². The fraction of sp³-hybridized carbons (Fsp3) is 0.400. The first-order chi connectivity index (χ1) is 8.52. The Bertz CT molecular complexity index is 429. The Labute approximate surface area is 109 Å². The van der Waals surface area contributed by atoms with E-state index in [9.17, 15) is 4.79 Å². The number of carbonyl (C=O) groups excluding carboxylic acids is 1. The Balaban J connectivity index is 2.43. The van der Waals surface area contributed by atoms with Gasteiger partial charge < -0.3 is 5.32 Å². The lowest BCUT2D eigenvalue weighted by Gasteiger charge is -2.16. The molecule has 0 heterocycles. The summed E-state index contributed by atoms with van der Waals surface area (Å²) in [6.07, 6.45) is 5.38. The van der Waals surface area contributed by atoms with Crippen molar-refractivity contribution in [2.24, 2.45) is 5.92 Å². The van der Waals surface area contributed by atoms with Gasteiger partial charge in [-0.05, 0) is 25.0 Å². The first-order valence-corrected chi connectivity index (χ1v) is 6.09. The lowest BCUT2D eigenvalue weighted by molar-refractivity contribution is -0.115. The predicted octanol–water partition coefficient (Wildman–Crippen LogP) is 2.18. The maximum absolute atomic E-state index is 11.7. The van der Waals surface area contributed by atoms with E-state index in [1.54, 1.807) is 0 Å². The Kier molecular flexibility index (Phi) is 5.41. The van der Waals surface area contributed by atoms with Gasteiger partial charge >= 0.3 is 0 Å². The van der Waals surface area contributed by atoms with Crippen molar-refractivity contribution < 1.29 is 4.79 Å². The smallest absolute Gasteiger partial charge is 0.238 e. The summed E-state index contributed by atoms with van der Waals surface area (Å²) < 4.78 is 0. The second kappa shape index (κ2) is 6.83. The number of benzene rings is 1. The van der Waals surface area contributed by atoms with E-state index in [1.807, 2.05) is 45.0 Å². The summed E-state index contributed by atoms with van der Waals surface area (Å²) in [4.78, 5) is 11.7. The Morgan fingerprint density at radius 3 is 2.44 bits per heavy atom. The van der Waals surface area contributed by atoms with E-state index >= 15 is 0 Å². The van der Waals surface area contributed by atoms with Gasteiger partial charge in [-0.25, -0.2) is 0 Å². The van der Waals surface area contributed by atoms with Crippen LogP contribution in [0.3, 0.4) is 0 Å². The molecule has 3 nitrogen and oxygen atoms in total. The SMILES string of the molecule is C#CC(NCC(=O)Nc1ccc(C)cc1)C(C)C. The van der Waals surface area contributed by atoms with Crippen molar-refractivity contribution in [1.29, 1.82) is 0 Å². The molecule has 0 radical (unpaired) electrons. The van der Waals surface area contributed by atoms with Crippen LogP contribution in [0.25, 0.3) is 0 Å². The van der Waals surface area contributed by atoms with Crippen LogP contribution in [0.15, 0.2) is 24.3 Å². The molecule has 1 rings (SSSR count). The molecule has 18 heavy (non-hydrogen) atoms. The van der Waals surface area contributed by atoms with E-state index in [2.05, 4.69) is 16.6 Å². The van der Waals surface area contributed by atoms with Gasteiger partial charge in [-0.2, -0.15) is 0 Å². The molecule has 0 aliphatic rings. The maximum atomic E-state index is 11.7. The minimum atomic E-state index is -0.0836. The van der Waals surface area contributed by atoms with Crippen LogP contribution in [0.5, 0.6) is 0 Å². The van der Waals surface area contributed by atoms with Crippen LogP contribution >= 0.6 is 0 Å². The number of aryl methyl sites for hydroxylation is 1. The molecule has 1 amide bonds. The second-order valence-electron chi connectivity index (χ2n) is 4.68. The molecule has 1 aromatic carbocycles. The molecule has 0 aliphatic carbocycles. The highest BCUT2D eigenvalue weighted by molar-refractivity contribution is 5.92. The summed E-state index contributed by atoms with van der Waals surface area (Å²) in [7, 11) is 0. The Morgan fingerprint density at radius 1 is 1.33 bits per heavy atom. The van der Waals surface area contributed by atoms with Crippen molar-refractivity contribution in [3.05, 3.63) is 29.8 Å². The highest BCUT2D eigenvalue weighted by atomic mass is 16.1. The minimum Gasteiger partial charge on any atom is -0.325 e. The van der Waals surface area contributed by atoms with Crippen LogP contribution in [0.4, 0.5) is 5.69 Å². The lowest BCUT2D eigenvalue weighted by Crippen LogP contribution is -2.38. The number of hydrogen-bond donors (Lipinski definition) is 2. The highest BCUT2D eigenvalue weighted by Gasteiger charge is 2.11. The number of carbonyl (C=O) groups is 1. The Morgan fingerprint density at radius 2 is 1.94 bits per heavy atom. The normalized spacial score (nSPS) is 11.9. The van der Waals surface area contributed by atoms with Gasteiger partial charge in [0.2, 0.25) is 5.91 Å². The van der Waals surface area contributed by atoms with Gasteiger partial charge in [0.15, 0.2) is 0 Å². The molecular weight excluding hydrogens is 224 g/mol. The third kappa shape index (κ3) is 4.60. The van der Waals surface area contributed by atoms with E-state index in [-0.39, 0.29) is 18.5 Å². The molecule has 0 aliphatic heterocycles. The molecule has 0 saturated heterocycles. The average Bonchev–Trinajstić information content (AvgIpc) is 2.32. The zero-order valence-electron chi connectivity index (χ0n) is 11.2. The van der Waals surface area contributed by atoms with E-state index in [0.29, 0.717) is 5.92 Å². The number of terminal acetylenes is 1. The van der Waals surface area contributed by atoms with Gasteiger partial charge in [-0.15, -0.1) is 6.42 Å². The average molecular weight is 244 g/mol. The van der Waals surface area contributed by atoms with Crippen molar-refractivity contribution in [3.8, 4) is 12.3 Å². The van der Waals surface area contributed by atoms with Crippen LogP contribution < -0.4 is 10.6 Å². The first kappa shape index (κ1) is 14.3. The van der Waals surface area contributed by atoms with Gasteiger partial charge in [0.25, 0.3) is 0 Å². The topological polar surface area (TPSA) is 41.1 Å². The molecule has 96 valence electrons. The molecule has 1 atom stereocenters. The molecule has 0 bridgehead atoms. The van der Waals surface area contributed by atoms with E-state index in [1.165, 1.54) is 5.56 Å². The van der Waals surface area contributed by atoms with Crippen molar-refractivity contribution >= 4 is 11.6 Å². The molecular formula is C15H20N2O. The van der Waals surface area contributed by atoms with Gasteiger partial charge in [-0.3, -0.25) is 10.1 Å². The first-order valence-electron chi connectivity index (χ1n) is 6.09. The molecule has 1 unspecified atom stereocenters. The lowest BCUT2D eigenvalue weighted by atomic mass is 10.1. The van der Waals surface area contributed by atoms with Crippen LogP contribution in [0, 0.1) is 25.2 Å². The van der Waals surface area contributed by atoms with Gasteiger partial charge in [0.1, 0.15) is 0 Å². The number of rotatable bonds is 5. The third-order valence-electron chi connectivity index (χ3n) is 2.66. The molecule has 2 N–H and O–H groups in total. The molecule has 0 fully saturated rings. The quantitative estimate of drug-likeness (QED) is 0.779. The molecule has 1 aromatic rings. The summed E-state index contributed by atoms with van der Waals surface area (Å²) in [6, 6.07) is 7.61. The summed E-state index contributed by atoms with van der Waals surface area (Å²) >= 11 is 0. The zero-order chi connectivity index (χ0) is 13.5. The van der Waals surface area contributed by atoms with E-state index < -0.39 is 0 Å². The van der Waals surface area contributed by atoms with Crippen molar-refractivity contribution in [3.63, 3.8) is 0 Å². The summed E-state index contributed by atoms with van der Waals surface area (Å²) in [6.45, 7) is 6.28. The van der Waals surface area contributed by atoms with Crippen molar-refractivity contribution in [1.82, 2.24) is 5.32 Å². The zero-order valence-corrected chi connectivity index (χ0v) is 11.2. The fourth-order valence-corrected chi connectivity index (χ4v) is 1.53. The van der Waals surface area contributed by atoms with E-state index in [4.69, 9.17) is 6.42 Å². The van der Waals surface area contributed by atoms with Crippen molar-refractivity contribution in [2.75, 3.05) is 11.9 Å². The standard InChI is InChI=1S/C15H20N2O/c1-5-14(11(2)3)16-10-15(18)17-13-8-6-12(4)7-9-13/h1,6-9,11,14,16H,10H2,2-4H3,(H,17,18). The maximum Gasteiger partial charge on any atom is 0.238 e. The van der Waals surface area contributed by atoms with Gasteiger partial charge in [0, 0.05) is 5.69 Å².